The monoisotopic (exact) mass is 663 g/mol. The quantitative estimate of drug-likeness (QED) is 0.137. The zero-order valence-electron chi connectivity index (χ0n) is 28.4. The fraction of sp³-hybridized carbons (Fsp3) is 0.308. The number of hydrogen-bond acceptors (Lipinski definition) is 8. The van der Waals surface area contributed by atoms with Crippen molar-refractivity contribution in [3.63, 3.8) is 0 Å². The van der Waals surface area contributed by atoms with Gasteiger partial charge in [0.1, 0.15) is 5.75 Å². The minimum absolute atomic E-state index is 0.0393. The van der Waals surface area contributed by atoms with Crippen molar-refractivity contribution in [1.29, 1.82) is 0 Å². The first kappa shape index (κ1) is 34.8. The smallest absolute Gasteiger partial charge is 0.317 e. The van der Waals surface area contributed by atoms with Crippen LogP contribution in [0.3, 0.4) is 0 Å². The number of aryl methyl sites for hydroxylation is 1. The number of esters is 2. The highest BCUT2D eigenvalue weighted by molar-refractivity contribution is 6.11. The number of carbonyl (C=O) groups excluding carboxylic acids is 4. The second-order valence-corrected chi connectivity index (χ2v) is 12.3. The van der Waals surface area contributed by atoms with Gasteiger partial charge >= 0.3 is 11.9 Å². The van der Waals surface area contributed by atoms with Gasteiger partial charge < -0.3 is 24.4 Å². The average molecular weight is 664 g/mol. The molecule has 1 heterocycles. The maximum atomic E-state index is 13.6. The number of benzene rings is 3. The summed E-state index contributed by atoms with van der Waals surface area (Å²) in [5.41, 5.74) is 5.97. The zero-order valence-corrected chi connectivity index (χ0v) is 28.4. The molecule has 0 spiro atoms. The molecule has 1 unspecified atom stereocenters. The molecule has 0 fully saturated rings. The molecule has 254 valence electrons. The molecule has 1 N–H and O–H groups in total. The number of nitrogens with one attached hydrogen (secondary N) is 1. The number of aromatic nitrogens is 1. The van der Waals surface area contributed by atoms with Gasteiger partial charge in [-0.3, -0.25) is 24.2 Å². The molecule has 3 aromatic carbocycles. The Labute approximate surface area is 286 Å². The summed E-state index contributed by atoms with van der Waals surface area (Å²) in [6, 6.07) is 21.5. The lowest BCUT2D eigenvalue weighted by Crippen LogP contribution is -2.24. The summed E-state index contributed by atoms with van der Waals surface area (Å²) in [6.07, 6.45) is 3.79. The van der Waals surface area contributed by atoms with Crippen molar-refractivity contribution >= 4 is 29.4 Å². The van der Waals surface area contributed by atoms with Gasteiger partial charge in [0.05, 0.1) is 35.4 Å². The van der Waals surface area contributed by atoms with Crippen LogP contribution < -0.4 is 10.1 Å². The van der Waals surface area contributed by atoms with E-state index in [1.165, 1.54) is 10.5 Å². The molecule has 2 amide bonds. The highest BCUT2D eigenvalue weighted by Gasteiger charge is 2.32. The summed E-state index contributed by atoms with van der Waals surface area (Å²) in [7, 11) is 3.21. The van der Waals surface area contributed by atoms with E-state index in [-0.39, 0.29) is 24.0 Å². The predicted molar refractivity (Wildman–Crippen MR) is 185 cm³/mol. The van der Waals surface area contributed by atoms with Gasteiger partial charge in [-0.15, -0.1) is 0 Å². The molecule has 1 atom stereocenters. The first-order valence-electron chi connectivity index (χ1n) is 16.4. The lowest BCUT2D eigenvalue weighted by molar-refractivity contribution is -0.167. The molecule has 5 rings (SSSR count). The molecule has 1 aliphatic rings. The molecule has 0 saturated carbocycles. The number of amides is 2. The van der Waals surface area contributed by atoms with Gasteiger partial charge in [-0.05, 0) is 97.3 Å². The molecule has 1 aliphatic carbocycles. The molecular weight excluding hydrogens is 622 g/mol. The minimum atomic E-state index is -0.634. The van der Waals surface area contributed by atoms with Crippen LogP contribution in [-0.4, -0.2) is 60.6 Å². The molecule has 0 radical (unpaired) electrons. The Bertz CT molecular complexity index is 1850. The molecule has 10 heteroatoms. The van der Waals surface area contributed by atoms with Crippen molar-refractivity contribution in [2.24, 2.45) is 0 Å². The van der Waals surface area contributed by atoms with Gasteiger partial charge in [0.15, 0.2) is 0 Å². The number of ether oxygens (including phenoxy) is 3. The van der Waals surface area contributed by atoms with Crippen LogP contribution in [0.25, 0.3) is 11.1 Å². The second kappa shape index (κ2) is 15.6. The molecular formula is C39H41N3O7. The van der Waals surface area contributed by atoms with E-state index in [1.807, 2.05) is 56.3 Å². The summed E-state index contributed by atoms with van der Waals surface area (Å²) < 4.78 is 16.3. The van der Waals surface area contributed by atoms with Crippen LogP contribution in [0.5, 0.6) is 5.75 Å². The van der Waals surface area contributed by atoms with Crippen LogP contribution in [0, 0.1) is 0 Å². The molecule has 0 saturated heterocycles. The standard InChI is InChI=1S/C39H41N3O7/c1-6-26-19-20-40-36-30(26)16-17-32(36)39(46)48-23-47-35(43)22-25-11-18-34(33(21-25)38(45)42(4)5)41-37(44)31-10-8-7-9-29(31)27-12-14-28(15-13-27)49-24(2)3/h7-15,18-21,24,32H,6,16-17,22-23H2,1-5H3,(H,41,44). The van der Waals surface area contributed by atoms with Crippen LogP contribution in [-0.2, 0) is 38.3 Å². The molecule has 0 bridgehead atoms. The van der Waals surface area contributed by atoms with Gasteiger partial charge in [-0.1, -0.05) is 43.3 Å². The fourth-order valence-corrected chi connectivity index (χ4v) is 5.93. The molecule has 1 aromatic heterocycles. The van der Waals surface area contributed by atoms with Crippen molar-refractivity contribution in [1.82, 2.24) is 9.88 Å². The Hall–Kier alpha value is -5.51. The summed E-state index contributed by atoms with van der Waals surface area (Å²) >= 11 is 0. The van der Waals surface area contributed by atoms with E-state index in [0.717, 1.165) is 41.0 Å². The van der Waals surface area contributed by atoms with Crippen LogP contribution in [0.1, 0.15) is 76.2 Å². The van der Waals surface area contributed by atoms with E-state index in [9.17, 15) is 19.2 Å². The Morgan fingerprint density at radius 3 is 2.41 bits per heavy atom. The van der Waals surface area contributed by atoms with Crippen LogP contribution >= 0.6 is 0 Å². The van der Waals surface area contributed by atoms with Crippen LogP contribution in [0.2, 0.25) is 0 Å². The third kappa shape index (κ3) is 8.32. The van der Waals surface area contributed by atoms with E-state index in [0.29, 0.717) is 23.2 Å². The second-order valence-electron chi connectivity index (χ2n) is 12.3. The lowest BCUT2D eigenvalue weighted by atomic mass is 9.98. The fourth-order valence-electron chi connectivity index (χ4n) is 5.93. The Balaban J connectivity index is 1.24. The van der Waals surface area contributed by atoms with Crippen LogP contribution in [0.4, 0.5) is 5.69 Å². The number of rotatable bonds is 12. The largest absolute Gasteiger partial charge is 0.491 e. The third-order valence-electron chi connectivity index (χ3n) is 8.31. The first-order valence-corrected chi connectivity index (χ1v) is 16.4. The number of hydrogen-bond donors (Lipinski definition) is 1. The van der Waals surface area contributed by atoms with Crippen LogP contribution in [0.15, 0.2) is 79.0 Å². The van der Waals surface area contributed by atoms with Gasteiger partial charge in [0, 0.05) is 25.9 Å². The molecule has 0 aliphatic heterocycles. The number of nitrogens with zero attached hydrogens (tertiary/aromatic N) is 2. The third-order valence-corrected chi connectivity index (χ3v) is 8.31. The maximum Gasteiger partial charge on any atom is 0.317 e. The summed E-state index contributed by atoms with van der Waals surface area (Å²) in [5, 5.41) is 2.89. The number of anilines is 1. The molecule has 4 aromatic rings. The number of fused-ring (bicyclic) bond motifs is 1. The van der Waals surface area contributed by atoms with Gasteiger partial charge in [-0.2, -0.15) is 0 Å². The zero-order chi connectivity index (χ0) is 35.1. The summed E-state index contributed by atoms with van der Waals surface area (Å²) in [6.45, 7) is 5.45. The van der Waals surface area contributed by atoms with E-state index in [2.05, 4.69) is 17.2 Å². The molecule has 10 nitrogen and oxygen atoms in total. The Kier molecular flexibility index (Phi) is 11.1. The Morgan fingerprint density at radius 2 is 1.69 bits per heavy atom. The van der Waals surface area contributed by atoms with Crippen molar-refractivity contribution < 1.29 is 33.4 Å². The number of carbonyl (C=O) groups is 4. The van der Waals surface area contributed by atoms with Gasteiger partial charge in [0.25, 0.3) is 11.8 Å². The van der Waals surface area contributed by atoms with E-state index < -0.39 is 30.6 Å². The predicted octanol–water partition coefficient (Wildman–Crippen LogP) is 6.37. The Morgan fingerprint density at radius 1 is 0.939 bits per heavy atom. The first-order chi connectivity index (χ1) is 23.5. The highest BCUT2D eigenvalue weighted by Crippen LogP contribution is 2.34. The average Bonchev–Trinajstić information content (AvgIpc) is 3.53. The van der Waals surface area contributed by atoms with Crippen molar-refractivity contribution in [2.75, 3.05) is 26.2 Å². The van der Waals surface area contributed by atoms with Crippen molar-refractivity contribution in [3.8, 4) is 16.9 Å². The maximum absolute atomic E-state index is 13.6. The minimum Gasteiger partial charge on any atom is -0.491 e. The summed E-state index contributed by atoms with van der Waals surface area (Å²) in [5.74, 6) is -1.62. The van der Waals surface area contributed by atoms with Crippen molar-refractivity contribution in [3.05, 3.63) is 113 Å². The van der Waals surface area contributed by atoms with Crippen molar-refractivity contribution in [2.45, 2.75) is 58.5 Å². The number of pyridine rings is 1. The van der Waals surface area contributed by atoms with Gasteiger partial charge in [0.2, 0.25) is 6.79 Å². The lowest BCUT2D eigenvalue weighted by Gasteiger charge is -2.17. The van der Waals surface area contributed by atoms with E-state index >= 15 is 0 Å². The highest BCUT2D eigenvalue weighted by atomic mass is 16.7. The van der Waals surface area contributed by atoms with E-state index in [1.54, 1.807) is 50.6 Å². The SMILES string of the molecule is CCc1ccnc2c1CCC2C(=O)OCOC(=O)Cc1ccc(NC(=O)c2ccccc2-c2ccc(OC(C)C)cc2)c(C(=O)N(C)C)c1. The summed E-state index contributed by atoms with van der Waals surface area (Å²) in [4.78, 5) is 58.1. The molecule has 49 heavy (non-hydrogen) atoms. The van der Waals surface area contributed by atoms with E-state index in [4.69, 9.17) is 14.2 Å². The van der Waals surface area contributed by atoms with Gasteiger partial charge in [-0.25, -0.2) is 0 Å². The normalized spacial score (nSPS) is 13.4. The topological polar surface area (TPSA) is 124 Å².